The molecule has 0 saturated heterocycles. The van der Waals surface area contributed by atoms with Gasteiger partial charge in [0.2, 0.25) is 0 Å². The number of ether oxygens (including phenoxy) is 2. The Morgan fingerprint density at radius 3 is 2.12 bits per heavy atom. The molecule has 0 fully saturated rings. The molecule has 134 valence electrons. The fourth-order valence-electron chi connectivity index (χ4n) is 2.30. The maximum absolute atomic E-state index is 13.8. The lowest BCUT2D eigenvalue weighted by atomic mass is 10.2. The first-order chi connectivity index (χ1) is 12.6. The maximum Gasteiger partial charge on any atom is 0.162 e. The fraction of sp³-hybridized carbons (Fsp3) is 0.111. The van der Waals surface area contributed by atoms with E-state index in [-0.39, 0.29) is 11.5 Å². The van der Waals surface area contributed by atoms with E-state index < -0.39 is 11.6 Å². The topological polar surface area (TPSA) is 68.3 Å². The van der Waals surface area contributed by atoms with Crippen LogP contribution in [0.1, 0.15) is 0 Å². The van der Waals surface area contributed by atoms with Gasteiger partial charge in [-0.1, -0.05) is 6.07 Å². The van der Waals surface area contributed by atoms with Crippen LogP contribution in [0.15, 0.2) is 48.8 Å². The van der Waals surface area contributed by atoms with E-state index in [0.717, 1.165) is 12.1 Å². The number of nitrogens with zero attached hydrogens (tertiary/aromatic N) is 2. The molecule has 3 aromatic rings. The molecular weight excluding hydrogens is 342 g/mol. The number of nitrogens with one attached hydrogen (secondary N) is 2. The zero-order valence-corrected chi connectivity index (χ0v) is 14.1. The standard InChI is InChI=1S/C18H16F2N4O2/c1-25-14-7-6-11(8-15(14)26-2)23-16-9-17(22-10-21-16)24-18-12(19)4-3-5-13(18)20/h3-10H,1-2H3,(H2,21,22,23,24). The minimum Gasteiger partial charge on any atom is -0.493 e. The summed E-state index contributed by atoms with van der Waals surface area (Å²) in [5.74, 6) is 0.408. The minimum absolute atomic E-state index is 0.243. The number of hydrogen-bond acceptors (Lipinski definition) is 6. The third-order valence-electron chi connectivity index (χ3n) is 3.54. The zero-order valence-electron chi connectivity index (χ0n) is 14.1. The van der Waals surface area contributed by atoms with Crippen molar-refractivity contribution < 1.29 is 18.3 Å². The quantitative estimate of drug-likeness (QED) is 0.686. The van der Waals surface area contributed by atoms with Crippen molar-refractivity contribution in [3.8, 4) is 11.5 Å². The van der Waals surface area contributed by atoms with E-state index in [1.54, 1.807) is 25.3 Å². The number of methoxy groups -OCH3 is 2. The molecule has 0 spiro atoms. The summed E-state index contributed by atoms with van der Waals surface area (Å²) in [6.45, 7) is 0. The van der Waals surface area contributed by atoms with Gasteiger partial charge in [0.05, 0.1) is 14.2 Å². The van der Waals surface area contributed by atoms with Gasteiger partial charge in [-0.2, -0.15) is 0 Å². The van der Waals surface area contributed by atoms with Crippen molar-refractivity contribution in [1.82, 2.24) is 9.97 Å². The Bertz CT molecular complexity index is 901. The first-order valence-corrected chi connectivity index (χ1v) is 7.63. The van der Waals surface area contributed by atoms with Crippen molar-refractivity contribution in [3.05, 3.63) is 60.4 Å². The van der Waals surface area contributed by atoms with Gasteiger partial charge in [0, 0.05) is 17.8 Å². The summed E-state index contributed by atoms with van der Waals surface area (Å²) in [4.78, 5) is 8.08. The van der Waals surface area contributed by atoms with Crippen molar-refractivity contribution in [3.63, 3.8) is 0 Å². The van der Waals surface area contributed by atoms with E-state index in [2.05, 4.69) is 20.6 Å². The summed E-state index contributed by atoms with van der Waals surface area (Å²) in [6.07, 6.45) is 1.28. The van der Waals surface area contributed by atoms with E-state index in [0.29, 0.717) is 23.0 Å². The van der Waals surface area contributed by atoms with Crippen LogP contribution in [0.5, 0.6) is 11.5 Å². The molecule has 2 N–H and O–H groups in total. The predicted octanol–water partition coefficient (Wildman–Crippen LogP) is 4.26. The summed E-state index contributed by atoms with van der Waals surface area (Å²) in [5.41, 5.74) is 0.424. The van der Waals surface area contributed by atoms with Crippen LogP contribution in [0.4, 0.5) is 31.8 Å². The summed E-state index contributed by atoms with van der Waals surface area (Å²) in [5, 5.41) is 5.69. The molecule has 0 aliphatic carbocycles. The largest absolute Gasteiger partial charge is 0.493 e. The van der Waals surface area contributed by atoms with Crippen molar-refractivity contribution in [2.75, 3.05) is 24.9 Å². The van der Waals surface area contributed by atoms with E-state index >= 15 is 0 Å². The molecule has 0 saturated carbocycles. The van der Waals surface area contributed by atoms with Gasteiger partial charge in [-0.25, -0.2) is 18.7 Å². The SMILES string of the molecule is COc1ccc(Nc2cc(Nc3c(F)cccc3F)ncn2)cc1OC. The molecule has 0 atom stereocenters. The zero-order chi connectivity index (χ0) is 18.5. The van der Waals surface area contributed by atoms with Crippen LogP contribution in [0, 0.1) is 11.6 Å². The summed E-state index contributed by atoms with van der Waals surface area (Å²) in [6, 6.07) is 10.4. The second kappa shape index (κ2) is 7.64. The van der Waals surface area contributed by atoms with Crippen LogP contribution in [0.25, 0.3) is 0 Å². The molecule has 0 unspecified atom stereocenters. The van der Waals surface area contributed by atoms with Crippen LogP contribution >= 0.6 is 0 Å². The first-order valence-electron chi connectivity index (χ1n) is 7.63. The number of rotatable bonds is 6. The molecule has 2 aromatic carbocycles. The van der Waals surface area contributed by atoms with Crippen molar-refractivity contribution in [2.24, 2.45) is 0 Å². The van der Waals surface area contributed by atoms with Crippen molar-refractivity contribution in [2.45, 2.75) is 0 Å². The highest BCUT2D eigenvalue weighted by atomic mass is 19.1. The maximum atomic E-state index is 13.8. The monoisotopic (exact) mass is 358 g/mol. The molecule has 0 bridgehead atoms. The van der Waals surface area contributed by atoms with E-state index in [1.165, 1.54) is 25.6 Å². The molecule has 6 nitrogen and oxygen atoms in total. The number of anilines is 4. The molecular formula is C18H16F2N4O2. The Hall–Kier alpha value is -3.42. The van der Waals surface area contributed by atoms with Crippen LogP contribution < -0.4 is 20.1 Å². The lowest BCUT2D eigenvalue weighted by Crippen LogP contribution is -2.01. The Kier molecular flexibility index (Phi) is 5.12. The molecule has 26 heavy (non-hydrogen) atoms. The molecule has 0 amide bonds. The van der Waals surface area contributed by atoms with Crippen molar-refractivity contribution >= 4 is 23.0 Å². The van der Waals surface area contributed by atoms with Crippen molar-refractivity contribution in [1.29, 1.82) is 0 Å². The van der Waals surface area contributed by atoms with E-state index in [9.17, 15) is 8.78 Å². The summed E-state index contributed by atoms with van der Waals surface area (Å²) >= 11 is 0. The average molecular weight is 358 g/mol. The lowest BCUT2D eigenvalue weighted by molar-refractivity contribution is 0.355. The molecule has 1 aromatic heterocycles. The van der Waals surface area contributed by atoms with Crippen LogP contribution in [-0.2, 0) is 0 Å². The van der Waals surface area contributed by atoms with Crippen LogP contribution in [0.3, 0.4) is 0 Å². The van der Waals surface area contributed by atoms with Crippen LogP contribution in [0.2, 0.25) is 0 Å². The predicted molar refractivity (Wildman–Crippen MR) is 94.5 cm³/mol. The highest BCUT2D eigenvalue weighted by molar-refractivity contribution is 5.65. The van der Waals surface area contributed by atoms with E-state index in [1.807, 2.05) is 0 Å². The Labute approximate surface area is 148 Å². The molecule has 0 radical (unpaired) electrons. The first kappa shape index (κ1) is 17.4. The molecule has 1 heterocycles. The van der Waals surface area contributed by atoms with Gasteiger partial charge in [-0.15, -0.1) is 0 Å². The average Bonchev–Trinajstić information content (AvgIpc) is 2.65. The second-order valence-corrected chi connectivity index (χ2v) is 5.20. The molecule has 3 rings (SSSR count). The van der Waals surface area contributed by atoms with Gasteiger partial charge in [-0.3, -0.25) is 0 Å². The number of para-hydroxylation sites is 1. The molecule has 8 heteroatoms. The number of benzene rings is 2. The molecule has 0 aliphatic heterocycles. The Morgan fingerprint density at radius 2 is 1.46 bits per heavy atom. The Morgan fingerprint density at radius 1 is 0.808 bits per heavy atom. The van der Waals surface area contributed by atoms with Gasteiger partial charge in [0.25, 0.3) is 0 Å². The third-order valence-corrected chi connectivity index (χ3v) is 3.54. The minimum atomic E-state index is -0.710. The summed E-state index contributed by atoms with van der Waals surface area (Å²) < 4.78 is 37.9. The third kappa shape index (κ3) is 3.80. The normalized spacial score (nSPS) is 10.3. The second-order valence-electron chi connectivity index (χ2n) is 5.20. The lowest BCUT2D eigenvalue weighted by Gasteiger charge is -2.12. The van der Waals surface area contributed by atoms with Gasteiger partial charge in [-0.05, 0) is 24.3 Å². The molecule has 0 aliphatic rings. The Balaban J connectivity index is 1.82. The highest BCUT2D eigenvalue weighted by Crippen LogP contribution is 2.31. The van der Waals surface area contributed by atoms with Gasteiger partial charge >= 0.3 is 0 Å². The van der Waals surface area contributed by atoms with Gasteiger partial charge in [0.15, 0.2) is 11.5 Å². The summed E-state index contributed by atoms with van der Waals surface area (Å²) in [7, 11) is 3.09. The number of halogens is 2. The van der Waals surface area contributed by atoms with E-state index in [4.69, 9.17) is 9.47 Å². The fourth-order valence-corrected chi connectivity index (χ4v) is 2.30. The van der Waals surface area contributed by atoms with Crippen LogP contribution in [-0.4, -0.2) is 24.2 Å². The highest BCUT2D eigenvalue weighted by Gasteiger charge is 2.10. The number of aromatic nitrogens is 2. The smallest absolute Gasteiger partial charge is 0.162 e. The van der Waals surface area contributed by atoms with Gasteiger partial charge < -0.3 is 20.1 Å². The number of hydrogen-bond donors (Lipinski definition) is 2. The van der Waals surface area contributed by atoms with Gasteiger partial charge in [0.1, 0.15) is 35.3 Å².